The van der Waals surface area contributed by atoms with Gasteiger partial charge in [-0.2, -0.15) is 0 Å². The van der Waals surface area contributed by atoms with Crippen LogP contribution >= 0.6 is 0 Å². The average molecular weight is 277 g/mol. The maximum absolute atomic E-state index is 11.7. The molecule has 5 N–H and O–H groups in total. The highest BCUT2D eigenvalue weighted by atomic mass is 16.2. The van der Waals surface area contributed by atoms with Crippen molar-refractivity contribution in [2.24, 2.45) is 11.7 Å². The highest BCUT2D eigenvalue weighted by molar-refractivity contribution is 5.98. The Labute approximate surface area is 117 Å². The second kappa shape index (κ2) is 5.77. The van der Waals surface area contributed by atoms with Crippen LogP contribution in [0.25, 0.3) is 0 Å². The third-order valence-corrected chi connectivity index (χ3v) is 3.49. The number of nitrogen functional groups attached to an aromatic ring is 1. The van der Waals surface area contributed by atoms with E-state index in [1.54, 1.807) is 7.05 Å². The van der Waals surface area contributed by atoms with E-state index in [1.807, 2.05) is 4.90 Å². The van der Waals surface area contributed by atoms with E-state index in [-0.39, 0.29) is 11.8 Å². The summed E-state index contributed by atoms with van der Waals surface area (Å²) in [5.41, 5.74) is 11.7. The largest absolute Gasteiger partial charge is 0.397 e. The van der Waals surface area contributed by atoms with Crippen molar-refractivity contribution in [3.05, 3.63) is 17.8 Å². The second-order valence-corrected chi connectivity index (χ2v) is 4.90. The fourth-order valence-electron chi connectivity index (χ4n) is 2.49. The van der Waals surface area contributed by atoms with Crippen LogP contribution in [0.3, 0.4) is 0 Å². The molecule has 0 bridgehead atoms. The Morgan fingerprint density at radius 1 is 1.50 bits per heavy atom. The van der Waals surface area contributed by atoms with E-state index in [0.717, 1.165) is 19.4 Å². The Morgan fingerprint density at radius 2 is 2.25 bits per heavy atom. The number of nitrogens with two attached hydrogens (primary N) is 2. The second-order valence-electron chi connectivity index (χ2n) is 4.90. The standard InChI is InChI=1S/C13H19N5O2/c1-16-13(20)8-3-2-4-18(7-8)12-10(11(15)19)5-9(14)6-17-12/h5-6,8H,2-4,7,14H2,1H3,(H2,15,19)(H,16,20). The number of anilines is 2. The van der Waals surface area contributed by atoms with Gasteiger partial charge < -0.3 is 21.7 Å². The summed E-state index contributed by atoms with van der Waals surface area (Å²) in [4.78, 5) is 29.4. The van der Waals surface area contributed by atoms with Crippen LogP contribution in [0.1, 0.15) is 23.2 Å². The van der Waals surface area contributed by atoms with Crippen LogP contribution in [0.15, 0.2) is 12.3 Å². The summed E-state index contributed by atoms with van der Waals surface area (Å²) in [5, 5.41) is 2.66. The fraction of sp³-hybridized carbons (Fsp3) is 0.462. The first-order chi connectivity index (χ1) is 9.52. The Kier molecular flexibility index (Phi) is 4.07. The zero-order chi connectivity index (χ0) is 14.7. The van der Waals surface area contributed by atoms with E-state index >= 15 is 0 Å². The van der Waals surface area contributed by atoms with Crippen molar-refractivity contribution in [1.29, 1.82) is 0 Å². The van der Waals surface area contributed by atoms with Gasteiger partial charge in [0.15, 0.2) is 0 Å². The number of hydrogen-bond donors (Lipinski definition) is 3. The van der Waals surface area contributed by atoms with Crippen molar-refractivity contribution in [2.75, 3.05) is 30.8 Å². The van der Waals surface area contributed by atoms with Gasteiger partial charge in [-0.15, -0.1) is 0 Å². The van der Waals surface area contributed by atoms with Gasteiger partial charge >= 0.3 is 0 Å². The number of nitrogens with one attached hydrogen (secondary N) is 1. The highest BCUT2D eigenvalue weighted by Crippen LogP contribution is 2.25. The molecular formula is C13H19N5O2. The lowest BCUT2D eigenvalue weighted by Crippen LogP contribution is -2.43. The van der Waals surface area contributed by atoms with Gasteiger partial charge in [0.1, 0.15) is 5.82 Å². The van der Waals surface area contributed by atoms with E-state index in [4.69, 9.17) is 11.5 Å². The first kappa shape index (κ1) is 14.1. The molecule has 1 aromatic heterocycles. The van der Waals surface area contributed by atoms with Crippen LogP contribution in [0.2, 0.25) is 0 Å². The molecule has 0 radical (unpaired) electrons. The van der Waals surface area contributed by atoms with Gasteiger partial charge in [-0.3, -0.25) is 9.59 Å². The quantitative estimate of drug-likeness (QED) is 0.703. The number of carbonyl (C=O) groups excluding carboxylic acids is 2. The summed E-state index contributed by atoms with van der Waals surface area (Å²) in [7, 11) is 1.62. The summed E-state index contributed by atoms with van der Waals surface area (Å²) in [6.45, 7) is 1.27. The van der Waals surface area contributed by atoms with Crippen LogP contribution in [-0.2, 0) is 4.79 Å². The predicted octanol–water partition coefficient (Wildman–Crippen LogP) is -0.275. The van der Waals surface area contributed by atoms with Gasteiger partial charge in [0, 0.05) is 20.1 Å². The highest BCUT2D eigenvalue weighted by Gasteiger charge is 2.27. The lowest BCUT2D eigenvalue weighted by molar-refractivity contribution is -0.124. The van der Waals surface area contributed by atoms with E-state index in [2.05, 4.69) is 10.3 Å². The minimum Gasteiger partial charge on any atom is -0.397 e. The van der Waals surface area contributed by atoms with Crippen molar-refractivity contribution in [1.82, 2.24) is 10.3 Å². The topological polar surface area (TPSA) is 114 Å². The minimum atomic E-state index is -0.568. The molecule has 1 fully saturated rings. The SMILES string of the molecule is CNC(=O)C1CCCN(c2ncc(N)cc2C(N)=O)C1. The third-order valence-electron chi connectivity index (χ3n) is 3.49. The number of piperidine rings is 1. The Morgan fingerprint density at radius 3 is 2.90 bits per heavy atom. The number of pyridine rings is 1. The lowest BCUT2D eigenvalue weighted by Gasteiger charge is -2.33. The van der Waals surface area contributed by atoms with E-state index in [9.17, 15) is 9.59 Å². The van der Waals surface area contributed by atoms with Gasteiger partial charge in [-0.1, -0.05) is 0 Å². The first-order valence-electron chi connectivity index (χ1n) is 6.54. The number of hydrogen-bond acceptors (Lipinski definition) is 5. The molecule has 20 heavy (non-hydrogen) atoms. The molecule has 7 heteroatoms. The van der Waals surface area contributed by atoms with Crippen LogP contribution in [-0.4, -0.2) is 36.9 Å². The maximum atomic E-state index is 11.7. The monoisotopic (exact) mass is 277 g/mol. The Hall–Kier alpha value is -2.31. The number of carbonyl (C=O) groups is 2. The number of amides is 2. The molecule has 1 saturated heterocycles. The zero-order valence-corrected chi connectivity index (χ0v) is 11.4. The van der Waals surface area contributed by atoms with Gasteiger partial charge in [0.25, 0.3) is 5.91 Å². The first-order valence-corrected chi connectivity index (χ1v) is 6.54. The Bertz CT molecular complexity index is 531. The van der Waals surface area contributed by atoms with Crippen molar-refractivity contribution in [2.45, 2.75) is 12.8 Å². The van der Waals surface area contributed by atoms with E-state index in [1.165, 1.54) is 12.3 Å². The molecule has 1 unspecified atom stereocenters. The van der Waals surface area contributed by atoms with Crippen LogP contribution in [0, 0.1) is 5.92 Å². The summed E-state index contributed by atoms with van der Waals surface area (Å²) in [6, 6.07) is 1.52. The van der Waals surface area contributed by atoms with Crippen molar-refractivity contribution < 1.29 is 9.59 Å². The van der Waals surface area contributed by atoms with E-state index in [0.29, 0.717) is 23.6 Å². The zero-order valence-electron chi connectivity index (χ0n) is 11.4. The van der Waals surface area contributed by atoms with Crippen LogP contribution in [0.5, 0.6) is 0 Å². The molecule has 1 aliphatic heterocycles. The van der Waals surface area contributed by atoms with E-state index < -0.39 is 5.91 Å². The normalized spacial score (nSPS) is 18.6. The fourth-order valence-corrected chi connectivity index (χ4v) is 2.49. The van der Waals surface area contributed by atoms with Gasteiger partial charge in [-0.05, 0) is 18.9 Å². The summed E-state index contributed by atoms with van der Waals surface area (Å²) >= 11 is 0. The molecule has 0 spiro atoms. The number of rotatable bonds is 3. The van der Waals surface area contributed by atoms with Crippen molar-refractivity contribution >= 4 is 23.3 Å². The van der Waals surface area contributed by atoms with Crippen LogP contribution in [0.4, 0.5) is 11.5 Å². The molecule has 1 aromatic rings. The Balaban J connectivity index is 2.27. The summed E-state index contributed by atoms with van der Waals surface area (Å²) in [6.07, 6.45) is 3.19. The smallest absolute Gasteiger partial charge is 0.252 e. The number of aromatic nitrogens is 1. The van der Waals surface area contributed by atoms with Crippen LogP contribution < -0.4 is 21.7 Å². The molecule has 0 aromatic carbocycles. The van der Waals surface area contributed by atoms with Gasteiger partial charge in [0.05, 0.1) is 23.4 Å². The molecule has 1 aliphatic rings. The van der Waals surface area contributed by atoms with Crippen molar-refractivity contribution in [3.8, 4) is 0 Å². The molecule has 0 aliphatic carbocycles. The molecule has 1 atom stereocenters. The molecule has 2 heterocycles. The predicted molar refractivity (Wildman–Crippen MR) is 76.2 cm³/mol. The number of primary amides is 1. The molecule has 0 saturated carbocycles. The van der Waals surface area contributed by atoms with Gasteiger partial charge in [-0.25, -0.2) is 4.98 Å². The van der Waals surface area contributed by atoms with Crippen molar-refractivity contribution in [3.63, 3.8) is 0 Å². The number of nitrogens with zero attached hydrogens (tertiary/aromatic N) is 2. The third kappa shape index (κ3) is 2.81. The molecule has 2 amide bonds. The summed E-state index contributed by atoms with van der Waals surface area (Å²) < 4.78 is 0. The minimum absolute atomic E-state index is 0.00534. The average Bonchev–Trinajstić information content (AvgIpc) is 2.46. The molecule has 108 valence electrons. The maximum Gasteiger partial charge on any atom is 0.252 e. The lowest BCUT2D eigenvalue weighted by atomic mass is 9.97. The molecule has 7 nitrogen and oxygen atoms in total. The molecule has 2 rings (SSSR count). The van der Waals surface area contributed by atoms with Gasteiger partial charge in [0.2, 0.25) is 5.91 Å². The molecular weight excluding hydrogens is 258 g/mol. The summed E-state index contributed by atoms with van der Waals surface area (Å²) in [5.74, 6) is -0.165.